The Morgan fingerprint density at radius 3 is 2.16 bits per heavy atom. The lowest BCUT2D eigenvalue weighted by atomic mass is 10.1. The van der Waals surface area contributed by atoms with E-state index in [1.165, 1.54) is 18.2 Å². The predicted octanol–water partition coefficient (Wildman–Crippen LogP) is 2.48. The molecule has 1 aromatic rings. The molecule has 0 aliphatic heterocycles. The van der Waals surface area contributed by atoms with Crippen LogP contribution in [0, 0.1) is 5.92 Å². The van der Waals surface area contributed by atoms with Crippen molar-refractivity contribution >= 4 is 24.0 Å². The molecule has 0 heterocycles. The first-order valence-corrected chi connectivity index (χ1v) is 7.17. The second-order valence-electron chi connectivity index (χ2n) is 5.41. The Kier molecular flexibility index (Phi) is 6.72. The largest absolute Gasteiger partial charge is 0.449 e. The summed E-state index contributed by atoms with van der Waals surface area (Å²) < 4.78 is 42.3. The predicted molar refractivity (Wildman–Crippen MR) is 82.9 cm³/mol. The van der Waals surface area contributed by atoms with E-state index in [0.717, 1.165) is 18.2 Å². The number of ether oxygens (including phenoxy) is 1. The number of amides is 3. The van der Waals surface area contributed by atoms with Crippen LogP contribution in [0.2, 0.25) is 0 Å². The average Bonchev–Trinajstić information content (AvgIpc) is 2.49. The highest BCUT2D eigenvalue weighted by atomic mass is 19.4. The van der Waals surface area contributed by atoms with Crippen LogP contribution in [0.1, 0.15) is 25.0 Å². The van der Waals surface area contributed by atoms with Gasteiger partial charge in [0.2, 0.25) is 0 Å². The third-order valence-electron chi connectivity index (χ3n) is 3.00. The maximum absolute atomic E-state index is 12.5. The molecule has 0 fully saturated rings. The molecule has 3 amide bonds. The van der Waals surface area contributed by atoms with Crippen molar-refractivity contribution in [2.45, 2.75) is 26.1 Å². The fraction of sp³-hybridized carbons (Fsp3) is 0.312. The number of urea groups is 1. The number of nitrogens with two attached hydrogens (primary N) is 1. The molecule has 0 aliphatic rings. The van der Waals surface area contributed by atoms with Gasteiger partial charge in [-0.25, -0.2) is 9.59 Å². The summed E-state index contributed by atoms with van der Waals surface area (Å²) in [5, 5.41) is 1.82. The molecule has 0 bridgehead atoms. The highest BCUT2D eigenvalue weighted by Gasteiger charge is 2.30. The number of carbonyl (C=O) groups is 3. The number of imide groups is 1. The molecule has 1 aromatic carbocycles. The lowest BCUT2D eigenvalue weighted by Crippen LogP contribution is -2.45. The number of rotatable bonds is 5. The van der Waals surface area contributed by atoms with Gasteiger partial charge in [0.1, 0.15) is 0 Å². The summed E-state index contributed by atoms with van der Waals surface area (Å²) in [5.74, 6) is -2.18. The molecule has 0 spiro atoms. The van der Waals surface area contributed by atoms with Crippen molar-refractivity contribution in [1.29, 1.82) is 0 Å². The number of hydrogen-bond acceptors (Lipinski definition) is 4. The second kappa shape index (κ2) is 8.32. The van der Waals surface area contributed by atoms with Gasteiger partial charge < -0.3 is 10.5 Å². The van der Waals surface area contributed by atoms with Crippen LogP contribution in [0.15, 0.2) is 30.3 Å². The van der Waals surface area contributed by atoms with Crippen LogP contribution in [-0.4, -0.2) is 24.0 Å². The summed E-state index contributed by atoms with van der Waals surface area (Å²) in [6.45, 7) is 3.19. The Morgan fingerprint density at radius 1 is 1.16 bits per heavy atom. The number of esters is 1. The highest BCUT2D eigenvalue weighted by Crippen LogP contribution is 2.29. The summed E-state index contributed by atoms with van der Waals surface area (Å²) >= 11 is 0. The molecule has 3 N–H and O–H groups in total. The molecule has 0 aromatic heterocycles. The minimum absolute atomic E-state index is 0.340. The zero-order valence-electron chi connectivity index (χ0n) is 13.5. The topological polar surface area (TPSA) is 98.5 Å². The van der Waals surface area contributed by atoms with Gasteiger partial charge in [-0.05, 0) is 29.7 Å². The van der Waals surface area contributed by atoms with E-state index in [-0.39, 0.29) is 0 Å². The van der Waals surface area contributed by atoms with Crippen LogP contribution in [0.4, 0.5) is 18.0 Å². The molecule has 0 aliphatic carbocycles. The van der Waals surface area contributed by atoms with E-state index in [4.69, 9.17) is 10.5 Å². The lowest BCUT2D eigenvalue weighted by Gasteiger charge is -2.18. The Bertz CT molecular complexity index is 667. The summed E-state index contributed by atoms with van der Waals surface area (Å²) in [5.41, 5.74) is 4.36. The molecule has 0 saturated heterocycles. The van der Waals surface area contributed by atoms with Crippen molar-refractivity contribution in [2.75, 3.05) is 0 Å². The zero-order valence-corrected chi connectivity index (χ0v) is 13.5. The smallest absolute Gasteiger partial charge is 0.416 e. The molecule has 1 rings (SSSR count). The molecule has 1 atom stereocenters. The van der Waals surface area contributed by atoms with E-state index >= 15 is 0 Å². The van der Waals surface area contributed by atoms with E-state index in [0.29, 0.717) is 5.56 Å². The monoisotopic (exact) mass is 358 g/mol. The van der Waals surface area contributed by atoms with Crippen LogP contribution < -0.4 is 11.1 Å². The van der Waals surface area contributed by atoms with Gasteiger partial charge in [0, 0.05) is 6.08 Å². The fourth-order valence-corrected chi connectivity index (χ4v) is 1.80. The third kappa shape index (κ3) is 6.66. The van der Waals surface area contributed by atoms with Crippen LogP contribution in [-0.2, 0) is 20.5 Å². The normalized spacial score (nSPS) is 12.9. The lowest BCUT2D eigenvalue weighted by molar-refractivity contribution is -0.153. The molecular formula is C16H17F3N2O4. The van der Waals surface area contributed by atoms with E-state index in [1.807, 2.05) is 5.32 Å². The highest BCUT2D eigenvalue weighted by molar-refractivity contribution is 5.97. The molecule has 25 heavy (non-hydrogen) atoms. The number of benzene rings is 1. The molecule has 6 nitrogen and oxygen atoms in total. The first kappa shape index (κ1) is 20.2. The van der Waals surface area contributed by atoms with Gasteiger partial charge in [0.15, 0.2) is 6.10 Å². The van der Waals surface area contributed by atoms with Crippen molar-refractivity contribution in [3.05, 3.63) is 41.5 Å². The summed E-state index contributed by atoms with van der Waals surface area (Å²) in [7, 11) is 0. The minimum atomic E-state index is -4.44. The van der Waals surface area contributed by atoms with Crippen molar-refractivity contribution in [1.82, 2.24) is 5.32 Å². The quantitative estimate of drug-likeness (QED) is 0.624. The number of primary amides is 1. The van der Waals surface area contributed by atoms with Gasteiger partial charge in [0.05, 0.1) is 5.56 Å². The number of carbonyl (C=O) groups excluding carboxylic acids is 3. The maximum atomic E-state index is 12.5. The Balaban J connectivity index is 2.75. The van der Waals surface area contributed by atoms with Crippen molar-refractivity contribution in [2.24, 2.45) is 11.7 Å². The van der Waals surface area contributed by atoms with Crippen LogP contribution in [0.5, 0.6) is 0 Å². The van der Waals surface area contributed by atoms with Crippen LogP contribution >= 0.6 is 0 Å². The minimum Gasteiger partial charge on any atom is -0.449 e. The SMILES string of the molecule is CC(C)C(OC(=O)C=Cc1ccc(C(F)(F)F)cc1)C(=O)NC(N)=O. The standard InChI is InChI=1S/C16H17F3N2O4/c1-9(2)13(14(23)21-15(20)24)25-12(22)8-5-10-3-6-11(7-4-10)16(17,18)19/h3-9,13H,1-2H3,(H3,20,21,23,24). The first-order chi connectivity index (χ1) is 11.5. The molecule has 0 radical (unpaired) electrons. The summed E-state index contributed by atoms with van der Waals surface area (Å²) in [6.07, 6.45) is -3.47. The Labute approximate surface area is 141 Å². The number of hydrogen-bond donors (Lipinski definition) is 2. The van der Waals surface area contributed by atoms with Crippen molar-refractivity contribution < 1.29 is 32.3 Å². The van der Waals surface area contributed by atoms with E-state index in [1.54, 1.807) is 13.8 Å². The first-order valence-electron chi connectivity index (χ1n) is 7.17. The van der Waals surface area contributed by atoms with Gasteiger partial charge in [-0.3, -0.25) is 10.1 Å². The molecule has 0 saturated carbocycles. The Hall–Kier alpha value is -2.84. The third-order valence-corrected chi connectivity index (χ3v) is 3.00. The van der Waals surface area contributed by atoms with E-state index < -0.39 is 41.7 Å². The number of nitrogens with one attached hydrogen (secondary N) is 1. The number of alkyl halides is 3. The molecular weight excluding hydrogens is 341 g/mol. The van der Waals surface area contributed by atoms with Crippen molar-refractivity contribution in [3.8, 4) is 0 Å². The van der Waals surface area contributed by atoms with Gasteiger partial charge in [-0.2, -0.15) is 13.2 Å². The summed E-state index contributed by atoms with van der Waals surface area (Å²) in [6, 6.07) is 3.05. The molecule has 136 valence electrons. The fourth-order valence-electron chi connectivity index (χ4n) is 1.80. The van der Waals surface area contributed by atoms with Gasteiger partial charge >= 0.3 is 18.2 Å². The summed E-state index contributed by atoms with van der Waals surface area (Å²) in [4.78, 5) is 34.2. The molecule has 1 unspecified atom stereocenters. The van der Waals surface area contributed by atoms with Gasteiger partial charge in [-0.1, -0.05) is 26.0 Å². The van der Waals surface area contributed by atoms with Gasteiger partial charge in [-0.15, -0.1) is 0 Å². The maximum Gasteiger partial charge on any atom is 0.416 e. The second-order valence-corrected chi connectivity index (χ2v) is 5.41. The van der Waals surface area contributed by atoms with Crippen LogP contribution in [0.25, 0.3) is 6.08 Å². The average molecular weight is 358 g/mol. The van der Waals surface area contributed by atoms with Gasteiger partial charge in [0.25, 0.3) is 5.91 Å². The van der Waals surface area contributed by atoms with Crippen molar-refractivity contribution in [3.63, 3.8) is 0 Å². The van der Waals surface area contributed by atoms with E-state index in [2.05, 4.69) is 0 Å². The molecule has 9 heteroatoms. The zero-order chi connectivity index (χ0) is 19.2. The Morgan fingerprint density at radius 2 is 1.72 bits per heavy atom. The van der Waals surface area contributed by atoms with Crippen LogP contribution in [0.3, 0.4) is 0 Å². The number of halogens is 3. The van der Waals surface area contributed by atoms with E-state index in [9.17, 15) is 27.6 Å².